The Morgan fingerprint density at radius 2 is 1.90 bits per heavy atom. The third-order valence-corrected chi connectivity index (χ3v) is 3.65. The van der Waals surface area contributed by atoms with Gasteiger partial charge in [0.05, 0.1) is 6.10 Å². The summed E-state index contributed by atoms with van der Waals surface area (Å²) in [6.45, 7) is 3.31. The molecule has 1 aliphatic rings. The molecule has 0 atom stereocenters. The molecular formula is C16H21NO4. The summed E-state index contributed by atoms with van der Waals surface area (Å²) in [6, 6.07) is 6.75. The van der Waals surface area contributed by atoms with E-state index in [1.807, 2.05) is 0 Å². The highest BCUT2D eigenvalue weighted by Gasteiger charge is 2.22. The third kappa shape index (κ3) is 3.97. The molecule has 0 aliphatic heterocycles. The molecule has 0 saturated heterocycles. The molecule has 1 amide bonds. The van der Waals surface area contributed by atoms with E-state index >= 15 is 0 Å². The van der Waals surface area contributed by atoms with Gasteiger partial charge in [-0.1, -0.05) is 0 Å². The summed E-state index contributed by atoms with van der Waals surface area (Å²) in [5.74, 6) is -0.532. The molecule has 114 valence electrons. The van der Waals surface area contributed by atoms with Crippen molar-refractivity contribution >= 4 is 11.9 Å². The van der Waals surface area contributed by atoms with Crippen LogP contribution in [0.5, 0.6) is 5.75 Å². The number of hydrogen-bond donors (Lipinski definition) is 1. The summed E-state index contributed by atoms with van der Waals surface area (Å²) in [4.78, 5) is 24.5. The lowest BCUT2D eigenvalue weighted by atomic mass is 9.96. The molecule has 1 N–H and O–H groups in total. The van der Waals surface area contributed by atoms with E-state index in [4.69, 9.17) is 9.84 Å². The zero-order chi connectivity index (χ0) is 15.4. The fraction of sp³-hybridized carbons (Fsp3) is 0.500. The molecule has 0 aromatic heterocycles. The van der Waals surface area contributed by atoms with Gasteiger partial charge in [-0.05, 0) is 57.4 Å². The molecule has 1 fully saturated rings. The maximum Gasteiger partial charge on any atom is 0.323 e. The first-order valence-electron chi connectivity index (χ1n) is 7.27. The highest BCUT2D eigenvalue weighted by atomic mass is 16.5. The van der Waals surface area contributed by atoms with E-state index in [0.717, 1.165) is 18.6 Å². The minimum atomic E-state index is -1.01. The number of carbonyl (C=O) groups is 2. The first kappa shape index (κ1) is 15.4. The predicted octanol–water partition coefficient (Wildman–Crippen LogP) is 2.55. The minimum Gasteiger partial charge on any atom is -0.490 e. The Morgan fingerprint density at radius 3 is 2.33 bits per heavy atom. The number of carbonyl (C=O) groups excluding carboxylic acids is 1. The average molecular weight is 291 g/mol. The molecule has 5 heteroatoms. The Bertz CT molecular complexity index is 506. The number of ether oxygens (including phenoxy) is 1. The molecule has 1 aromatic carbocycles. The summed E-state index contributed by atoms with van der Waals surface area (Å²) in [5.41, 5.74) is 0.478. The van der Waals surface area contributed by atoms with Gasteiger partial charge in [-0.25, -0.2) is 0 Å². The van der Waals surface area contributed by atoms with Gasteiger partial charge in [-0.2, -0.15) is 0 Å². The average Bonchev–Trinajstić information content (AvgIpc) is 2.40. The van der Waals surface area contributed by atoms with E-state index in [2.05, 4.69) is 0 Å². The number of rotatable bonds is 6. The van der Waals surface area contributed by atoms with Gasteiger partial charge >= 0.3 is 5.97 Å². The number of carboxylic acid groups (broad SMARTS) is 1. The first-order valence-corrected chi connectivity index (χ1v) is 7.27. The summed E-state index contributed by atoms with van der Waals surface area (Å²) >= 11 is 0. The van der Waals surface area contributed by atoms with Gasteiger partial charge in [0.2, 0.25) is 0 Å². The van der Waals surface area contributed by atoms with E-state index < -0.39 is 5.97 Å². The number of benzene rings is 1. The van der Waals surface area contributed by atoms with Crippen LogP contribution in [0.1, 0.15) is 43.5 Å². The lowest BCUT2D eigenvalue weighted by molar-refractivity contribution is -0.138. The van der Waals surface area contributed by atoms with E-state index in [1.54, 1.807) is 38.1 Å². The molecule has 1 aromatic rings. The second kappa shape index (κ2) is 6.61. The Morgan fingerprint density at radius 1 is 1.29 bits per heavy atom. The molecule has 0 unspecified atom stereocenters. The lowest BCUT2D eigenvalue weighted by Crippen LogP contribution is -2.40. The van der Waals surface area contributed by atoms with Crippen LogP contribution in [-0.2, 0) is 4.79 Å². The van der Waals surface area contributed by atoms with Gasteiger partial charge in [0.25, 0.3) is 5.91 Å². The molecule has 0 heterocycles. The summed E-state index contributed by atoms with van der Waals surface area (Å²) in [6.07, 6.45) is 3.67. The molecule has 2 rings (SSSR count). The smallest absolute Gasteiger partial charge is 0.323 e. The first-order chi connectivity index (χ1) is 9.97. The van der Waals surface area contributed by atoms with Gasteiger partial charge in [0, 0.05) is 11.6 Å². The van der Waals surface area contributed by atoms with E-state index in [1.165, 1.54) is 11.3 Å². The third-order valence-electron chi connectivity index (χ3n) is 3.65. The van der Waals surface area contributed by atoms with E-state index in [-0.39, 0.29) is 18.5 Å². The Balaban J connectivity index is 2.04. The molecule has 1 aliphatic carbocycles. The second-order valence-corrected chi connectivity index (χ2v) is 5.62. The molecule has 0 radical (unpaired) electrons. The fourth-order valence-corrected chi connectivity index (χ4v) is 2.16. The summed E-state index contributed by atoms with van der Waals surface area (Å²) in [7, 11) is 0. The Kier molecular flexibility index (Phi) is 4.83. The van der Waals surface area contributed by atoms with Crippen molar-refractivity contribution in [3.63, 3.8) is 0 Å². The highest BCUT2D eigenvalue weighted by molar-refractivity contribution is 5.96. The van der Waals surface area contributed by atoms with Gasteiger partial charge in [-0.3, -0.25) is 9.59 Å². The van der Waals surface area contributed by atoms with Crippen LogP contribution in [0.3, 0.4) is 0 Å². The zero-order valence-corrected chi connectivity index (χ0v) is 12.4. The van der Waals surface area contributed by atoms with Gasteiger partial charge in [0.1, 0.15) is 12.3 Å². The number of carboxylic acids is 1. The van der Waals surface area contributed by atoms with E-state index in [0.29, 0.717) is 11.7 Å². The lowest BCUT2D eigenvalue weighted by Gasteiger charge is -2.27. The standard InChI is InChI=1S/C16H21NO4/c1-11(2)17(10-15(18)19)16(20)12-6-8-14(9-7-12)21-13-4-3-5-13/h6-9,11,13H,3-5,10H2,1-2H3,(H,18,19). The zero-order valence-electron chi connectivity index (χ0n) is 12.4. The second-order valence-electron chi connectivity index (χ2n) is 5.62. The molecule has 1 saturated carbocycles. The van der Waals surface area contributed by atoms with Crippen molar-refractivity contribution in [2.75, 3.05) is 6.54 Å². The maximum atomic E-state index is 12.3. The highest BCUT2D eigenvalue weighted by Crippen LogP contribution is 2.25. The van der Waals surface area contributed by atoms with Crippen LogP contribution in [0.4, 0.5) is 0 Å². The topological polar surface area (TPSA) is 66.8 Å². The minimum absolute atomic E-state index is 0.167. The largest absolute Gasteiger partial charge is 0.490 e. The monoisotopic (exact) mass is 291 g/mol. The molecular weight excluding hydrogens is 270 g/mol. The Hall–Kier alpha value is -2.04. The SMILES string of the molecule is CC(C)N(CC(=O)O)C(=O)c1ccc(OC2CCC2)cc1. The molecule has 0 spiro atoms. The van der Waals surface area contributed by atoms with Crippen molar-refractivity contribution in [2.45, 2.75) is 45.3 Å². The van der Waals surface area contributed by atoms with Crippen LogP contribution >= 0.6 is 0 Å². The number of aliphatic carboxylic acids is 1. The summed E-state index contributed by atoms with van der Waals surface area (Å²) < 4.78 is 5.74. The maximum absolute atomic E-state index is 12.3. The van der Waals surface area contributed by atoms with Crippen LogP contribution in [0.15, 0.2) is 24.3 Å². The molecule has 0 bridgehead atoms. The number of hydrogen-bond acceptors (Lipinski definition) is 3. The van der Waals surface area contributed by atoms with Crippen molar-refractivity contribution in [1.29, 1.82) is 0 Å². The van der Waals surface area contributed by atoms with Crippen molar-refractivity contribution in [2.24, 2.45) is 0 Å². The van der Waals surface area contributed by atoms with Crippen LogP contribution < -0.4 is 4.74 Å². The van der Waals surface area contributed by atoms with Crippen LogP contribution in [0.25, 0.3) is 0 Å². The van der Waals surface area contributed by atoms with Crippen molar-refractivity contribution in [3.8, 4) is 5.75 Å². The number of nitrogens with zero attached hydrogens (tertiary/aromatic N) is 1. The van der Waals surface area contributed by atoms with Crippen LogP contribution in [-0.4, -0.2) is 40.6 Å². The van der Waals surface area contributed by atoms with Crippen molar-refractivity contribution in [3.05, 3.63) is 29.8 Å². The fourth-order valence-electron chi connectivity index (χ4n) is 2.16. The van der Waals surface area contributed by atoms with Gasteiger partial charge in [-0.15, -0.1) is 0 Å². The van der Waals surface area contributed by atoms with Gasteiger partial charge in [0.15, 0.2) is 0 Å². The predicted molar refractivity (Wildman–Crippen MR) is 78.5 cm³/mol. The van der Waals surface area contributed by atoms with E-state index in [9.17, 15) is 9.59 Å². The van der Waals surface area contributed by atoms with Crippen molar-refractivity contribution in [1.82, 2.24) is 4.90 Å². The van der Waals surface area contributed by atoms with Crippen LogP contribution in [0, 0.1) is 0 Å². The quantitative estimate of drug-likeness (QED) is 0.874. The summed E-state index contributed by atoms with van der Waals surface area (Å²) in [5, 5.41) is 8.89. The number of amides is 1. The van der Waals surface area contributed by atoms with Gasteiger partial charge < -0.3 is 14.7 Å². The molecule has 21 heavy (non-hydrogen) atoms. The Labute approximate surface area is 124 Å². The molecule has 5 nitrogen and oxygen atoms in total. The van der Waals surface area contributed by atoms with Crippen LogP contribution in [0.2, 0.25) is 0 Å². The van der Waals surface area contributed by atoms with Crippen molar-refractivity contribution < 1.29 is 19.4 Å². The normalized spacial score (nSPS) is 14.6.